The molecule has 1 heterocycles. The van der Waals surface area contributed by atoms with Crippen molar-refractivity contribution in [1.29, 1.82) is 0 Å². The number of carbonyl (C=O) groups is 1. The van der Waals surface area contributed by atoms with Crippen LogP contribution in [0.5, 0.6) is 0 Å². The van der Waals surface area contributed by atoms with Crippen molar-refractivity contribution >= 4 is 29.1 Å². The van der Waals surface area contributed by atoms with Crippen molar-refractivity contribution in [3.8, 4) is 11.3 Å². The fraction of sp³-hybridized carbons (Fsp3) is 0.269. The molecule has 0 spiro atoms. The lowest BCUT2D eigenvalue weighted by Crippen LogP contribution is -2.38. The number of carbonyl (C=O) groups excluding carboxylic acids is 1. The fourth-order valence-corrected chi connectivity index (χ4v) is 5.19. The van der Waals surface area contributed by atoms with Crippen LogP contribution in [-0.4, -0.2) is 21.1 Å². The largest absolute Gasteiger partial charge is 0.293 e. The van der Waals surface area contributed by atoms with Crippen molar-refractivity contribution in [1.82, 2.24) is 9.55 Å². The molecule has 0 amide bonds. The molecule has 3 aromatic rings. The molecule has 6 heteroatoms. The number of allylic oxidation sites excluding steroid dienone is 1. The SMILES string of the molecule is C=C(C)Cn1c(SCC(=O)c2ccc(Cl)cc2)nc2c(c1=O)C(C)(C)Cc1ccccc1-2. The van der Waals surface area contributed by atoms with Crippen LogP contribution in [-0.2, 0) is 18.4 Å². The molecule has 32 heavy (non-hydrogen) atoms. The van der Waals surface area contributed by atoms with Crippen molar-refractivity contribution in [2.75, 3.05) is 5.75 Å². The summed E-state index contributed by atoms with van der Waals surface area (Å²) in [5.74, 6) is 0.134. The third kappa shape index (κ3) is 4.32. The lowest BCUT2D eigenvalue weighted by atomic mass is 9.72. The summed E-state index contributed by atoms with van der Waals surface area (Å²) in [5, 5.41) is 1.12. The van der Waals surface area contributed by atoms with E-state index >= 15 is 0 Å². The average molecular weight is 465 g/mol. The Labute approximate surface area is 197 Å². The lowest BCUT2D eigenvalue weighted by molar-refractivity contribution is 0.102. The maximum atomic E-state index is 13.7. The van der Waals surface area contributed by atoms with Gasteiger partial charge in [0.15, 0.2) is 10.9 Å². The summed E-state index contributed by atoms with van der Waals surface area (Å²) < 4.78 is 1.66. The molecule has 1 aliphatic carbocycles. The van der Waals surface area contributed by atoms with Crippen LogP contribution in [0.3, 0.4) is 0 Å². The third-order valence-electron chi connectivity index (χ3n) is 5.64. The maximum absolute atomic E-state index is 13.7. The second-order valence-corrected chi connectivity index (χ2v) is 10.3. The predicted octanol–water partition coefficient (Wildman–Crippen LogP) is 5.95. The number of rotatable bonds is 6. The van der Waals surface area contributed by atoms with Crippen LogP contribution < -0.4 is 5.56 Å². The Morgan fingerprint density at radius 2 is 1.88 bits per heavy atom. The van der Waals surface area contributed by atoms with Crippen molar-refractivity contribution in [3.05, 3.63) is 92.7 Å². The quantitative estimate of drug-likeness (QED) is 0.196. The Hall–Kier alpha value is -2.63. The molecule has 2 aromatic carbocycles. The van der Waals surface area contributed by atoms with Crippen LogP contribution >= 0.6 is 23.4 Å². The maximum Gasteiger partial charge on any atom is 0.258 e. The second-order valence-electron chi connectivity index (χ2n) is 8.90. The van der Waals surface area contributed by atoms with Gasteiger partial charge in [0.2, 0.25) is 0 Å². The van der Waals surface area contributed by atoms with E-state index in [1.165, 1.54) is 17.3 Å². The molecule has 0 bridgehead atoms. The van der Waals surface area contributed by atoms with Gasteiger partial charge in [-0.2, -0.15) is 0 Å². The Morgan fingerprint density at radius 3 is 2.56 bits per heavy atom. The van der Waals surface area contributed by atoms with Crippen LogP contribution in [0.25, 0.3) is 11.3 Å². The van der Waals surface area contributed by atoms with Crippen LogP contribution in [0.1, 0.15) is 42.3 Å². The summed E-state index contributed by atoms with van der Waals surface area (Å²) in [6, 6.07) is 14.9. The van der Waals surface area contributed by atoms with Gasteiger partial charge in [-0.25, -0.2) is 4.98 Å². The van der Waals surface area contributed by atoms with E-state index in [4.69, 9.17) is 16.6 Å². The van der Waals surface area contributed by atoms with E-state index in [9.17, 15) is 9.59 Å². The van der Waals surface area contributed by atoms with Gasteiger partial charge in [-0.3, -0.25) is 14.2 Å². The highest BCUT2D eigenvalue weighted by Gasteiger charge is 2.36. The molecule has 0 N–H and O–H groups in total. The van der Waals surface area contributed by atoms with E-state index in [2.05, 4.69) is 26.5 Å². The van der Waals surface area contributed by atoms with Gasteiger partial charge in [0.05, 0.1) is 11.4 Å². The van der Waals surface area contributed by atoms with Gasteiger partial charge >= 0.3 is 0 Å². The van der Waals surface area contributed by atoms with Gasteiger partial charge in [-0.1, -0.05) is 73.6 Å². The van der Waals surface area contributed by atoms with Crippen molar-refractivity contribution in [2.24, 2.45) is 0 Å². The van der Waals surface area contributed by atoms with Crippen LogP contribution in [0.2, 0.25) is 5.02 Å². The molecule has 1 aliphatic rings. The Bertz CT molecular complexity index is 1280. The Kier molecular flexibility index (Phi) is 6.15. The van der Waals surface area contributed by atoms with E-state index in [0.717, 1.165) is 28.8 Å². The van der Waals surface area contributed by atoms with Crippen molar-refractivity contribution < 1.29 is 4.79 Å². The number of fused-ring (bicyclic) bond motifs is 3. The Morgan fingerprint density at radius 1 is 1.19 bits per heavy atom. The predicted molar refractivity (Wildman–Crippen MR) is 132 cm³/mol. The number of thioether (sulfide) groups is 1. The first-order valence-electron chi connectivity index (χ1n) is 10.5. The molecule has 0 unspecified atom stereocenters. The zero-order chi connectivity index (χ0) is 23.0. The molecule has 4 rings (SSSR count). The zero-order valence-corrected chi connectivity index (χ0v) is 20.0. The standard InChI is InChI=1S/C26H25ClN2O2S/c1-16(2)14-29-24(31)22-23(20-8-6-5-7-18(20)13-26(22,3)4)28-25(29)32-15-21(30)17-9-11-19(27)12-10-17/h5-12H,1,13-15H2,2-4H3. The highest BCUT2D eigenvalue weighted by atomic mass is 35.5. The van der Waals surface area contributed by atoms with E-state index in [1.807, 2.05) is 25.1 Å². The monoisotopic (exact) mass is 464 g/mol. The van der Waals surface area contributed by atoms with Crippen LogP contribution in [0.15, 0.2) is 70.6 Å². The van der Waals surface area contributed by atoms with Gasteiger partial charge in [0.1, 0.15) is 0 Å². The molecule has 0 saturated carbocycles. The topological polar surface area (TPSA) is 52.0 Å². The van der Waals surface area contributed by atoms with Gasteiger partial charge in [-0.05, 0) is 43.2 Å². The minimum atomic E-state index is -0.340. The van der Waals surface area contributed by atoms with Gasteiger partial charge in [-0.15, -0.1) is 0 Å². The number of hydrogen-bond donors (Lipinski definition) is 0. The fourth-order valence-electron chi connectivity index (χ4n) is 4.18. The molecule has 0 atom stereocenters. The number of aromatic nitrogens is 2. The van der Waals surface area contributed by atoms with Gasteiger partial charge < -0.3 is 0 Å². The summed E-state index contributed by atoms with van der Waals surface area (Å²) in [5.41, 5.74) is 4.67. The van der Waals surface area contributed by atoms with E-state index < -0.39 is 0 Å². The third-order valence-corrected chi connectivity index (χ3v) is 6.87. The summed E-state index contributed by atoms with van der Waals surface area (Å²) in [6.07, 6.45) is 0.779. The first kappa shape index (κ1) is 22.6. The lowest BCUT2D eigenvalue weighted by Gasteiger charge is -2.33. The second kappa shape index (κ2) is 8.72. The summed E-state index contributed by atoms with van der Waals surface area (Å²) in [6.45, 7) is 10.4. The molecule has 0 fully saturated rings. The zero-order valence-electron chi connectivity index (χ0n) is 18.4. The van der Waals surface area contributed by atoms with E-state index in [-0.39, 0.29) is 22.5 Å². The van der Waals surface area contributed by atoms with Crippen molar-refractivity contribution in [2.45, 2.75) is 44.3 Å². The highest BCUT2D eigenvalue weighted by molar-refractivity contribution is 7.99. The number of hydrogen-bond acceptors (Lipinski definition) is 4. The molecule has 0 radical (unpaired) electrons. The number of benzene rings is 2. The summed E-state index contributed by atoms with van der Waals surface area (Å²) in [4.78, 5) is 31.4. The first-order chi connectivity index (χ1) is 15.2. The van der Waals surface area contributed by atoms with Gasteiger partial charge in [0, 0.05) is 33.7 Å². The van der Waals surface area contributed by atoms with Crippen LogP contribution in [0, 0.1) is 0 Å². The summed E-state index contributed by atoms with van der Waals surface area (Å²) in [7, 11) is 0. The number of Topliss-reactive ketones (excluding diaryl/α,β-unsaturated/α-hetero) is 1. The van der Waals surface area contributed by atoms with Gasteiger partial charge in [0.25, 0.3) is 5.56 Å². The number of halogens is 1. The Balaban J connectivity index is 1.79. The first-order valence-corrected chi connectivity index (χ1v) is 11.8. The smallest absolute Gasteiger partial charge is 0.258 e. The average Bonchev–Trinajstić information content (AvgIpc) is 2.73. The highest BCUT2D eigenvalue weighted by Crippen LogP contribution is 2.41. The van der Waals surface area contributed by atoms with Crippen LogP contribution in [0.4, 0.5) is 0 Å². The number of nitrogens with zero attached hydrogens (tertiary/aromatic N) is 2. The molecule has 4 nitrogen and oxygen atoms in total. The van der Waals surface area contributed by atoms with Crippen molar-refractivity contribution in [3.63, 3.8) is 0 Å². The summed E-state index contributed by atoms with van der Waals surface area (Å²) >= 11 is 7.22. The molecule has 1 aromatic heterocycles. The minimum absolute atomic E-state index is 0.0405. The molecular weight excluding hydrogens is 440 g/mol. The normalized spacial score (nSPS) is 13.9. The van der Waals surface area contributed by atoms with E-state index in [1.54, 1.807) is 28.8 Å². The number of ketones is 1. The minimum Gasteiger partial charge on any atom is -0.293 e. The molecular formula is C26H25ClN2O2S. The van der Waals surface area contributed by atoms with E-state index in [0.29, 0.717) is 22.3 Å². The molecule has 0 aliphatic heterocycles. The molecule has 0 saturated heterocycles. The molecule has 164 valence electrons.